The molecule has 2 aromatic rings. The van der Waals surface area contributed by atoms with Crippen molar-refractivity contribution >= 4 is 17.7 Å². The number of amides is 2. The average Bonchev–Trinajstić information content (AvgIpc) is 2.66. The fraction of sp³-hybridized carbons (Fsp3) is 0.300. The zero-order valence-electron chi connectivity index (χ0n) is 15.7. The Bertz CT molecular complexity index is 792. The smallest absolute Gasteiger partial charge is 0.340 e. The van der Waals surface area contributed by atoms with Crippen LogP contribution in [0.4, 0.5) is 10.5 Å². The molecule has 0 aliphatic heterocycles. The third kappa shape index (κ3) is 5.91. The Morgan fingerprint density at radius 1 is 1.07 bits per heavy atom. The molecule has 0 bridgehead atoms. The van der Waals surface area contributed by atoms with Crippen LogP contribution in [0.15, 0.2) is 42.5 Å². The Labute approximate surface area is 158 Å². The molecule has 0 spiro atoms. The van der Waals surface area contributed by atoms with E-state index in [1.54, 1.807) is 38.3 Å². The van der Waals surface area contributed by atoms with Gasteiger partial charge in [0, 0.05) is 0 Å². The standard InChI is InChI=1S/C20H24N2O5/c1-4-26-19(23)15-7-5-6-8-16(15)22-20(24)21-11-12-27-17-10-9-14(2)13-18(17)25-3/h5-10,13H,4,11-12H2,1-3H3,(H2,21,22,24). The van der Waals surface area contributed by atoms with Gasteiger partial charge in [-0.15, -0.1) is 0 Å². The lowest BCUT2D eigenvalue weighted by atomic mass is 10.2. The first kappa shape index (κ1) is 20.1. The van der Waals surface area contributed by atoms with E-state index in [9.17, 15) is 9.59 Å². The Hall–Kier alpha value is -3.22. The summed E-state index contributed by atoms with van der Waals surface area (Å²) in [6.07, 6.45) is 0. The van der Waals surface area contributed by atoms with E-state index in [-0.39, 0.29) is 19.8 Å². The zero-order valence-corrected chi connectivity index (χ0v) is 15.7. The molecule has 0 aromatic heterocycles. The molecule has 0 unspecified atom stereocenters. The van der Waals surface area contributed by atoms with E-state index in [0.29, 0.717) is 22.7 Å². The lowest BCUT2D eigenvalue weighted by Crippen LogP contribution is -2.32. The first-order valence-electron chi connectivity index (χ1n) is 8.63. The highest BCUT2D eigenvalue weighted by molar-refractivity contribution is 6.00. The third-order valence-electron chi connectivity index (χ3n) is 3.63. The normalized spacial score (nSPS) is 10.0. The van der Waals surface area contributed by atoms with Gasteiger partial charge in [0.05, 0.1) is 31.5 Å². The van der Waals surface area contributed by atoms with Crippen molar-refractivity contribution in [1.29, 1.82) is 0 Å². The van der Waals surface area contributed by atoms with Gasteiger partial charge in [0.15, 0.2) is 11.5 Å². The van der Waals surface area contributed by atoms with Gasteiger partial charge in [-0.05, 0) is 43.7 Å². The predicted molar refractivity (Wildman–Crippen MR) is 103 cm³/mol. The van der Waals surface area contributed by atoms with Gasteiger partial charge in [-0.25, -0.2) is 9.59 Å². The molecule has 27 heavy (non-hydrogen) atoms. The molecule has 2 amide bonds. The number of methoxy groups -OCH3 is 1. The minimum atomic E-state index is -0.483. The summed E-state index contributed by atoms with van der Waals surface area (Å²) in [6.45, 7) is 4.51. The van der Waals surface area contributed by atoms with Crippen LogP contribution in [0.2, 0.25) is 0 Å². The second-order valence-corrected chi connectivity index (χ2v) is 5.65. The number of anilines is 1. The first-order valence-corrected chi connectivity index (χ1v) is 8.63. The van der Waals surface area contributed by atoms with E-state index < -0.39 is 12.0 Å². The summed E-state index contributed by atoms with van der Waals surface area (Å²) in [7, 11) is 1.58. The van der Waals surface area contributed by atoms with E-state index >= 15 is 0 Å². The number of esters is 1. The zero-order chi connectivity index (χ0) is 19.6. The van der Waals surface area contributed by atoms with Gasteiger partial charge in [-0.1, -0.05) is 18.2 Å². The van der Waals surface area contributed by atoms with Crippen LogP contribution in [0.5, 0.6) is 11.5 Å². The maximum Gasteiger partial charge on any atom is 0.340 e. The van der Waals surface area contributed by atoms with Crippen molar-refractivity contribution in [1.82, 2.24) is 5.32 Å². The van der Waals surface area contributed by atoms with E-state index in [0.717, 1.165) is 5.56 Å². The number of hydrogen-bond donors (Lipinski definition) is 2. The number of carbonyl (C=O) groups excluding carboxylic acids is 2. The van der Waals surface area contributed by atoms with Gasteiger partial charge in [-0.3, -0.25) is 0 Å². The summed E-state index contributed by atoms with van der Waals surface area (Å²) in [4.78, 5) is 24.0. The summed E-state index contributed by atoms with van der Waals surface area (Å²) in [5, 5.41) is 5.33. The lowest BCUT2D eigenvalue weighted by Gasteiger charge is -2.13. The van der Waals surface area contributed by atoms with Gasteiger partial charge >= 0.3 is 12.0 Å². The molecule has 2 aromatic carbocycles. The van der Waals surface area contributed by atoms with Crippen molar-refractivity contribution in [2.75, 3.05) is 32.2 Å². The van der Waals surface area contributed by atoms with E-state index in [4.69, 9.17) is 14.2 Å². The summed E-state index contributed by atoms with van der Waals surface area (Å²) in [5.41, 5.74) is 1.75. The van der Waals surface area contributed by atoms with Crippen LogP contribution in [-0.4, -0.2) is 38.9 Å². The fourth-order valence-electron chi connectivity index (χ4n) is 2.37. The number of para-hydroxylation sites is 1. The minimum Gasteiger partial charge on any atom is -0.493 e. The van der Waals surface area contributed by atoms with Gasteiger partial charge < -0.3 is 24.8 Å². The number of benzene rings is 2. The molecule has 0 saturated carbocycles. The van der Waals surface area contributed by atoms with E-state index in [1.807, 2.05) is 25.1 Å². The molecule has 0 fully saturated rings. The Balaban J connectivity index is 1.85. The number of urea groups is 1. The Kier molecular flexibility index (Phi) is 7.49. The van der Waals surface area contributed by atoms with Gasteiger partial charge in [-0.2, -0.15) is 0 Å². The molecular weight excluding hydrogens is 348 g/mol. The van der Waals surface area contributed by atoms with E-state index in [2.05, 4.69) is 10.6 Å². The molecule has 0 saturated heterocycles. The van der Waals surface area contributed by atoms with Crippen LogP contribution in [0.1, 0.15) is 22.8 Å². The van der Waals surface area contributed by atoms with Crippen molar-refractivity contribution in [2.24, 2.45) is 0 Å². The third-order valence-corrected chi connectivity index (χ3v) is 3.63. The number of rotatable bonds is 8. The summed E-state index contributed by atoms with van der Waals surface area (Å²) >= 11 is 0. The summed E-state index contributed by atoms with van der Waals surface area (Å²) in [5.74, 6) is 0.768. The number of carbonyl (C=O) groups is 2. The molecular formula is C20H24N2O5. The minimum absolute atomic E-state index is 0.263. The summed E-state index contributed by atoms with van der Waals surface area (Å²) < 4.78 is 15.9. The second-order valence-electron chi connectivity index (χ2n) is 5.65. The highest BCUT2D eigenvalue weighted by Crippen LogP contribution is 2.27. The Morgan fingerprint density at radius 3 is 2.59 bits per heavy atom. The molecule has 0 heterocycles. The molecule has 2 N–H and O–H groups in total. The largest absolute Gasteiger partial charge is 0.493 e. The van der Waals surface area contributed by atoms with Crippen LogP contribution >= 0.6 is 0 Å². The molecule has 7 nitrogen and oxygen atoms in total. The quantitative estimate of drug-likeness (QED) is 0.548. The van der Waals surface area contributed by atoms with Crippen LogP contribution in [0, 0.1) is 6.92 Å². The molecule has 0 aliphatic rings. The first-order chi connectivity index (χ1) is 13.0. The monoisotopic (exact) mass is 372 g/mol. The predicted octanol–water partition coefficient (Wildman–Crippen LogP) is 3.38. The highest BCUT2D eigenvalue weighted by Gasteiger charge is 2.13. The maximum atomic E-state index is 12.1. The topological polar surface area (TPSA) is 85.9 Å². The van der Waals surface area contributed by atoms with E-state index in [1.165, 1.54) is 0 Å². The fourth-order valence-corrected chi connectivity index (χ4v) is 2.37. The van der Waals surface area contributed by atoms with Crippen LogP contribution in [0.25, 0.3) is 0 Å². The lowest BCUT2D eigenvalue weighted by molar-refractivity contribution is 0.0527. The SMILES string of the molecule is CCOC(=O)c1ccccc1NC(=O)NCCOc1ccc(C)cc1OC. The number of ether oxygens (including phenoxy) is 3. The van der Waals surface area contributed by atoms with Crippen molar-refractivity contribution in [3.8, 4) is 11.5 Å². The molecule has 0 aliphatic carbocycles. The molecule has 0 radical (unpaired) electrons. The van der Waals surface area contributed by atoms with Crippen LogP contribution in [0.3, 0.4) is 0 Å². The molecule has 2 rings (SSSR count). The number of aryl methyl sites for hydroxylation is 1. The number of nitrogens with one attached hydrogen (secondary N) is 2. The Morgan fingerprint density at radius 2 is 1.85 bits per heavy atom. The van der Waals surface area contributed by atoms with Crippen molar-refractivity contribution < 1.29 is 23.8 Å². The molecule has 7 heteroatoms. The van der Waals surface area contributed by atoms with Crippen LogP contribution in [-0.2, 0) is 4.74 Å². The van der Waals surface area contributed by atoms with Gasteiger partial charge in [0.1, 0.15) is 6.61 Å². The van der Waals surface area contributed by atoms with Gasteiger partial charge in [0.2, 0.25) is 0 Å². The molecule has 144 valence electrons. The average molecular weight is 372 g/mol. The number of hydrogen-bond acceptors (Lipinski definition) is 5. The maximum absolute atomic E-state index is 12.1. The van der Waals surface area contributed by atoms with Crippen molar-refractivity contribution in [2.45, 2.75) is 13.8 Å². The second kappa shape index (κ2) is 10.1. The highest BCUT2D eigenvalue weighted by atomic mass is 16.5. The van der Waals surface area contributed by atoms with Crippen LogP contribution < -0.4 is 20.1 Å². The van der Waals surface area contributed by atoms with Crippen molar-refractivity contribution in [3.63, 3.8) is 0 Å². The van der Waals surface area contributed by atoms with Crippen molar-refractivity contribution in [3.05, 3.63) is 53.6 Å². The molecule has 0 atom stereocenters. The summed E-state index contributed by atoms with van der Waals surface area (Å²) in [6, 6.07) is 11.9. The van der Waals surface area contributed by atoms with Gasteiger partial charge in [0.25, 0.3) is 0 Å².